The maximum atomic E-state index is 12.2. The third-order valence-corrected chi connectivity index (χ3v) is 4.33. The highest BCUT2D eigenvalue weighted by Crippen LogP contribution is 2.17. The van der Waals surface area contributed by atoms with E-state index in [-0.39, 0.29) is 24.3 Å². The van der Waals surface area contributed by atoms with Gasteiger partial charge in [0.2, 0.25) is 11.8 Å². The summed E-state index contributed by atoms with van der Waals surface area (Å²) in [6.07, 6.45) is 6.55. The van der Waals surface area contributed by atoms with E-state index in [0.717, 1.165) is 18.4 Å². The molecule has 3 N–H and O–H groups in total. The molecule has 2 heterocycles. The summed E-state index contributed by atoms with van der Waals surface area (Å²) in [5.41, 5.74) is 0.887. The van der Waals surface area contributed by atoms with Crippen LogP contribution < -0.4 is 10.6 Å². The Kier molecular flexibility index (Phi) is 6.80. The van der Waals surface area contributed by atoms with E-state index in [0.29, 0.717) is 30.8 Å². The van der Waals surface area contributed by atoms with Crippen molar-refractivity contribution in [1.82, 2.24) is 15.6 Å². The van der Waals surface area contributed by atoms with Crippen LogP contribution in [-0.2, 0) is 16.0 Å². The van der Waals surface area contributed by atoms with Crippen LogP contribution in [0.5, 0.6) is 0 Å². The van der Waals surface area contributed by atoms with Gasteiger partial charge in [-0.1, -0.05) is 18.0 Å². The number of halogens is 1. The smallest absolute Gasteiger partial charge is 0.242 e. The lowest BCUT2D eigenvalue weighted by Crippen LogP contribution is -2.47. The molecule has 0 radical (unpaired) electrons. The average molecular weight is 340 g/mol. The zero-order chi connectivity index (χ0) is 16.7. The Morgan fingerprint density at radius 3 is 3.09 bits per heavy atom. The van der Waals surface area contributed by atoms with Crippen molar-refractivity contribution in [3.05, 3.63) is 29.0 Å². The van der Waals surface area contributed by atoms with Crippen molar-refractivity contribution in [3.8, 4) is 0 Å². The molecule has 0 spiro atoms. The van der Waals surface area contributed by atoms with Crippen molar-refractivity contribution in [2.75, 3.05) is 13.2 Å². The fourth-order valence-electron chi connectivity index (χ4n) is 2.62. The Bertz CT molecular complexity index is 553. The van der Waals surface area contributed by atoms with Gasteiger partial charge in [-0.2, -0.15) is 0 Å². The lowest BCUT2D eigenvalue weighted by molar-refractivity contribution is -0.128. The Morgan fingerprint density at radius 1 is 1.52 bits per heavy atom. The molecule has 0 aromatic carbocycles. The fraction of sp³-hybridized carbons (Fsp3) is 0.562. The van der Waals surface area contributed by atoms with Crippen LogP contribution >= 0.6 is 11.6 Å². The number of hydrogen-bond acceptors (Lipinski definition) is 4. The first-order valence-corrected chi connectivity index (χ1v) is 8.24. The first-order chi connectivity index (χ1) is 11.1. The van der Waals surface area contributed by atoms with Crippen LogP contribution in [0.25, 0.3) is 0 Å². The summed E-state index contributed by atoms with van der Waals surface area (Å²) in [6.45, 7) is 0.274. The molecule has 0 aliphatic carbocycles. The van der Waals surface area contributed by atoms with E-state index >= 15 is 0 Å². The third kappa shape index (κ3) is 5.48. The lowest BCUT2D eigenvalue weighted by atomic mass is 10.0. The van der Waals surface area contributed by atoms with Crippen molar-refractivity contribution in [2.45, 2.75) is 38.1 Å². The summed E-state index contributed by atoms with van der Waals surface area (Å²) in [4.78, 5) is 27.6. The first-order valence-electron chi connectivity index (χ1n) is 7.86. The Labute approximate surface area is 140 Å². The summed E-state index contributed by atoms with van der Waals surface area (Å²) in [6, 6.07) is 1.33. The van der Waals surface area contributed by atoms with Crippen LogP contribution in [0.3, 0.4) is 0 Å². The molecule has 0 bridgehead atoms. The van der Waals surface area contributed by atoms with Gasteiger partial charge in [0.15, 0.2) is 0 Å². The topological polar surface area (TPSA) is 91.3 Å². The number of aliphatic hydroxyl groups is 1. The van der Waals surface area contributed by atoms with E-state index in [1.165, 1.54) is 0 Å². The molecule has 23 heavy (non-hydrogen) atoms. The Hall–Kier alpha value is -1.66. The number of nitrogens with one attached hydrogen (secondary N) is 2. The van der Waals surface area contributed by atoms with Crippen LogP contribution in [0.4, 0.5) is 0 Å². The van der Waals surface area contributed by atoms with Crippen LogP contribution in [0, 0.1) is 5.92 Å². The highest BCUT2D eigenvalue weighted by atomic mass is 35.5. The highest BCUT2D eigenvalue weighted by molar-refractivity contribution is 6.31. The number of pyridine rings is 1. The lowest BCUT2D eigenvalue weighted by Gasteiger charge is -2.19. The molecule has 0 saturated carbocycles. The molecule has 1 aliphatic heterocycles. The van der Waals surface area contributed by atoms with Crippen LogP contribution in [0.2, 0.25) is 5.02 Å². The zero-order valence-electron chi connectivity index (χ0n) is 12.9. The SMILES string of the molecule is O=C1CCCC[C@H](C(=O)NC[C@@H](CO)Cc2ccncc2Cl)N1. The summed E-state index contributed by atoms with van der Waals surface area (Å²) in [5, 5.41) is 15.6. The number of aromatic nitrogens is 1. The molecule has 1 aliphatic rings. The second kappa shape index (κ2) is 8.84. The van der Waals surface area contributed by atoms with Gasteiger partial charge in [-0.15, -0.1) is 0 Å². The molecular weight excluding hydrogens is 318 g/mol. The molecular formula is C16H22ClN3O3. The fourth-order valence-corrected chi connectivity index (χ4v) is 2.82. The molecule has 7 heteroatoms. The van der Waals surface area contributed by atoms with E-state index in [2.05, 4.69) is 15.6 Å². The zero-order valence-corrected chi connectivity index (χ0v) is 13.7. The van der Waals surface area contributed by atoms with Crippen molar-refractivity contribution < 1.29 is 14.7 Å². The Morgan fingerprint density at radius 2 is 2.35 bits per heavy atom. The monoisotopic (exact) mass is 339 g/mol. The van der Waals surface area contributed by atoms with Gasteiger partial charge in [-0.25, -0.2) is 0 Å². The average Bonchev–Trinajstić information content (AvgIpc) is 2.77. The van der Waals surface area contributed by atoms with Crippen LogP contribution in [0.1, 0.15) is 31.2 Å². The molecule has 1 aromatic heterocycles. The molecule has 0 unspecified atom stereocenters. The molecule has 1 saturated heterocycles. The van der Waals surface area contributed by atoms with Gasteiger partial charge in [-0.3, -0.25) is 14.6 Å². The first kappa shape index (κ1) is 17.7. The molecule has 2 amide bonds. The predicted molar refractivity (Wildman–Crippen MR) is 86.9 cm³/mol. The number of carbonyl (C=O) groups excluding carboxylic acids is 2. The molecule has 126 valence electrons. The van der Waals surface area contributed by atoms with E-state index in [1.54, 1.807) is 18.5 Å². The van der Waals surface area contributed by atoms with Crippen LogP contribution in [0.15, 0.2) is 18.5 Å². The second-order valence-corrected chi connectivity index (χ2v) is 6.24. The van der Waals surface area contributed by atoms with Crippen LogP contribution in [-0.4, -0.2) is 41.1 Å². The third-order valence-electron chi connectivity index (χ3n) is 3.99. The summed E-state index contributed by atoms with van der Waals surface area (Å²) >= 11 is 6.06. The minimum absolute atomic E-state index is 0.0596. The van der Waals surface area contributed by atoms with E-state index in [4.69, 9.17) is 11.6 Å². The van der Waals surface area contributed by atoms with Gasteiger partial charge < -0.3 is 15.7 Å². The normalized spacial score (nSPS) is 19.6. The molecule has 1 aromatic rings. The maximum Gasteiger partial charge on any atom is 0.242 e. The minimum atomic E-state index is -0.478. The quantitative estimate of drug-likeness (QED) is 0.722. The van der Waals surface area contributed by atoms with Gasteiger partial charge >= 0.3 is 0 Å². The second-order valence-electron chi connectivity index (χ2n) is 5.83. The standard InChI is InChI=1S/C16H22ClN3O3/c17-13-9-18-6-5-12(13)7-11(10-21)8-19-16(23)14-3-1-2-4-15(22)20-14/h5-6,9,11,14,21H,1-4,7-8,10H2,(H,19,23)(H,20,22)/t11-,14+/m0/s1. The number of nitrogens with zero attached hydrogens (tertiary/aromatic N) is 1. The van der Waals surface area contributed by atoms with Crippen molar-refractivity contribution in [3.63, 3.8) is 0 Å². The minimum Gasteiger partial charge on any atom is -0.396 e. The summed E-state index contributed by atoms with van der Waals surface area (Å²) < 4.78 is 0. The van der Waals surface area contributed by atoms with Crippen molar-refractivity contribution in [1.29, 1.82) is 0 Å². The molecule has 2 rings (SSSR count). The van der Waals surface area contributed by atoms with Gasteiger partial charge in [0.25, 0.3) is 0 Å². The van der Waals surface area contributed by atoms with Crippen molar-refractivity contribution >= 4 is 23.4 Å². The maximum absolute atomic E-state index is 12.2. The number of rotatable bonds is 6. The van der Waals surface area contributed by atoms with E-state index in [1.807, 2.05) is 0 Å². The summed E-state index contributed by atoms with van der Waals surface area (Å²) in [7, 11) is 0. The number of amides is 2. The van der Waals surface area contributed by atoms with Crippen molar-refractivity contribution in [2.24, 2.45) is 5.92 Å². The number of aliphatic hydroxyl groups excluding tert-OH is 1. The number of carbonyl (C=O) groups is 2. The van der Waals surface area contributed by atoms with E-state index in [9.17, 15) is 14.7 Å². The van der Waals surface area contributed by atoms with Gasteiger partial charge in [0.05, 0.1) is 5.02 Å². The predicted octanol–water partition coefficient (Wildman–Crippen LogP) is 1.06. The molecule has 6 nitrogen and oxygen atoms in total. The van der Waals surface area contributed by atoms with Gasteiger partial charge in [-0.05, 0) is 30.9 Å². The molecule has 1 fully saturated rings. The summed E-state index contributed by atoms with van der Waals surface area (Å²) in [5.74, 6) is -0.412. The Balaban J connectivity index is 1.86. The van der Waals surface area contributed by atoms with Gasteiger partial charge in [0.1, 0.15) is 6.04 Å². The molecule has 2 atom stereocenters. The number of hydrogen-bond donors (Lipinski definition) is 3. The largest absolute Gasteiger partial charge is 0.396 e. The van der Waals surface area contributed by atoms with E-state index < -0.39 is 6.04 Å². The highest BCUT2D eigenvalue weighted by Gasteiger charge is 2.23. The van der Waals surface area contributed by atoms with Gasteiger partial charge in [0, 0.05) is 37.9 Å².